The Balaban J connectivity index is 1.87. The standard InChI is InChI=1S/C18H15O2Si/c19-13-9-11-14(12-10-13)21-17-7-3-1-5-15(17)20-16-6-2-4-8-18(16)21/h1-12,15,17,19H. The number of ether oxygens (including phenoxy) is 1. The summed E-state index contributed by atoms with van der Waals surface area (Å²) in [5.41, 5.74) is 0.388. The van der Waals surface area contributed by atoms with E-state index in [-0.39, 0.29) is 6.10 Å². The van der Waals surface area contributed by atoms with Crippen molar-refractivity contribution in [1.29, 1.82) is 0 Å². The van der Waals surface area contributed by atoms with E-state index in [0.29, 0.717) is 11.3 Å². The molecule has 2 aliphatic rings. The minimum atomic E-state index is -0.971. The van der Waals surface area contributed by atoms with Crippen molar-refractivity contribution in [3.63, 3.8) is 0 Å². The van der Waals surface area contributed by atoms with Gasteiger partial charge in [-0.1, -0.05) is 53.7 Å². The van der Waals surface area contributed by atoms with Gasteiger partial charge in [0.1, 0.15) is 26.4 Å². The highest BCUT2D eigenvalue weighted by molar-refractivity contribution is 6.87. The van der Waals surface area contributed by atoms with Crippen LogP contribution in [0.25, 0.3) is 0 Å². The maximum absolute atomic E-state index is 9.54. The second-order valence-corrected chi connectivity index (χ2v) is 7.94. The molecule has 2 aromatic rings. The van der Waals surface area contributed by atoms with Crippen LogP contribution >= 0.6 is 0 Å². The average molecular weight is 291 g/mol. The highest BCUT2D eigenvalue weighted by Gasteiger charge is 2.38. The van der Waals surface area contributed by atoms with Gasteiger partial charge in [0.05, 0.1) is 0 Å². The number of allylic oxidation sites excluding steroid dienone is 2. The van der Waals surface area contributed by atoms with Crippen molar-refractivity contribution in [2.24, 2.45) is 0 Å². The molecule has 0 saturated carbocycles. The van der Waals surface area contributed by atoms with Crippen LogP contribution < -0.4 is 15.1 Å². The number of phenolic OH excluding ortho intramolecular Hbond substituents is 1. The SMILES string of the molecule is Oc1ccc([Si]2c3ccccc3OC3C=CC=CC32)cc1. The van der Waals surface area contributed by atoms with Crippen LogP contribution in [-0.4, -0.2) is 20.0 Å². The molecule has 2 unspecified atom stereocenters. The Labute approximate surface area is 125 Å². The Morgan fingerprint density at radius 2 is 1.67 bits per heavy atom. The summed E-state index contributed by atoms with van der Waals surface area (Å²) in [4.78, 5) is 0. The summed E-state index contributed by atoms with van der Waals surface area (Å²) in [6.07, 6.45) is 8.70. The highest BCUT2D eigenvalue weighted by Crippen LogP contribution is 2.32. The minimum Gasteiger partial charge on any atom is -0.508 e. The molecule has 4 rings (SSSR count). The van der Waals surface area contributed by atoms with E-state index in [0.717, 1.165) is 5.75 Å². The average Bonchev–Trinajstić information content (AvgIpc) is 2.53. The maximum Gasteiger partial charge on any atom is 0.137 e. The predicted octanol–water partition coefficient (Wildman–Crippen LogP) is 2.26. The fourth-order valence-electron chi connectivity index (χ4n) is 3.07. The van der Waals surface area contributed by atoms with Crippen LogP contribution in [-0.2, 0) is 0 Å². The fourth-order valence-corrected chi connectivity index (χ4v) is 6.14. The second kappa shape index (κ2) is 4.93. The molecule has 0 spiro atoms. The molecule has 0 fully saturated rings. The smallest absolute Gasteiger partial charge is 0.137 e. The Kier molecular flexibility index (Phi) is 2.93. The van der Waals surface area contributed by atoms with E-state index < -0.39 is 8.80 Å². The summed E-state index contributed by atoms with van der Waals surface area (Å²) in [6, 6.07) is 16.0. The number of fused-ring (bicyclic) bond motifs is 2. The Morgan fingerprint density at radius 1 is 0.905 bits per heavy atom. The number of hydrogen-bond acceptors (Lipinski definition) is 2. The van der Waals surface area contributed by atoms with E-state index >= 15 is 0 Å². The van der Waals surface area contributed by atoms with Crippen LogP contribution in [0, 0.1) is 0 Å². The number of aromatic hydroxyl groups is 1. The Morgan fingerprint density at radius 3 is 2.52 bits per heavy atom. The lowest BCUT2D eigenvalue weighted by atomic mass is 10.1. The van der Waals surface area contributed by atoms with Gasteiger partial charge in [0, 0.05) is 5.54 Å². The van der Waals surface area contributed by atoms with Gasteiger partial charge < -0.3 is 9.84 Å². The molecule has 2 nitrogen and oxygen atoms in total. The zero-order valence-electron chi connectivity index (χ0n) is 11.4. The van der Waals surface area contributed by atoms with E-state index in [2.05, 4.69) is 54.6 Å². The van der Waals surface area contributed by atoms with Crippen LogP contribution in [0.4, 0.5) is 0 Å². The van der Waals surface area contributed by atoms with E-state index in [4.69, 9.17) is 4.74 Å². The zero-order chi connectivity index (χ0) is 14.2. The van der Waals surface area contributed by atoms with E-state index in [1.54, 1.807) is 12.1 Å². The molecule has 1 radical (unpaired) electrons. The molecule has 0 bridgehead atoms. The lowest BCUT2D eigenvalue weighted by Gasteiger charge is -2.37. The van der Waals surface area contributed by atoms with Crippen molar-refractivity contribution in [3.05, 3.63) is 72.8 Å². The molecule has 1 heterocycles. The highest BCUT2D eigenvalue weighted by atomic mass is 28.3. The molecule has 0 aromatic heterocycles. The van der Waals surface area contributed by atoms with Crippen molar-refractivity contribution >= 4 is 19.2 Å². The molecule has 0 amide bonds. The molecular formula is C18H15O2Si. The molecule has 2 aromatic carbocycles. The van der Waals surface area contributed by atoms with Crippen LogP contribution in [0.2, 0.25) is 5.54 Å². The first-order chi connectivity index (χ1) is 10.3. The largest absolute Gasteiger partial charge is 0.508 e. The summed E-state index contributed by atoms with van der Waals surface area (Å²) in [7, 11) is -0.971. The van der Waals surface area contributed by atoms with Crippen LogP contribution in [0.15, 0.2) is 72.8 Å². The second-order valence-electron chi connectivity index (χ2n) is 5.33. The third-order valence-corrected chi connectivity index (χ3v) is 7.17. The molecule has 2 atom stereocenters. The predicted molar refractivity (Wildman–Crippen MR) is 86.0 cm³/mol. The maximum atomic E-state index is 9.54. The number of benzene rings is 2. The quantitative estimate of drug-likeness (QED) is 0.817. The van der Waals surface area contributed by atoms with Gasteiger partial charge in [-0.3, -0.25) is 0 Å². The topological polar surface area (TPSA) is 29.5 Å². The lowest BCUT2D eigenvalue weighted by Crippen LogP contribution is -2.54. The molecule has 0 saturated heterocycles. The third kappa shape index (κ3) is 2.10. The van der Waals surface area contributed by atoms with Crippen molar-refractivity contribution < 1.29 is 9.84 Å². The molecule has 3 heteroatoms. The fraction of sp³-hybridized carbons (Fsp3) is 0.111. The van der Waals surface area contributed by atoms with Crippen molar-refractivity contribution in [2.45, 2.75) is 11.6 Å². The van der Waals surface area contributed by atoms with Crippen molar-refractivity contribution in [2.75, 3.05) is 0 Å². The molecular weight excluding hydrogens is 276 g/mol. The number of para-hydroxylation sites is 1. The molecule has 1 N–H and O–H groups in total. The summed E-state index contributed by atoms with van der Waals surface area (Å²) in [5, 5.41) is 12.2. The first-order valence-electron chi connectivity index (χ1n) is 7.10. The lowest BCUT2D eigenvalue weighted by molar-refractivity contribution is 0.247. The van der Waals surface area contributed by atoms with Gasteiger partial charge in [0.2, 0.25) is 0 Å². The number of phenols is 1. The number of rotatable bonds is 1. The van der Waals surface area contributed by atoms with Gasteiger partial charge in [-0.15, -0.1) is 0 Å². The Hall–Kier alpha value is -2.26. The van der Waals surface area contributed by atoms with Crippen LogP contribution in [0.1, 0.15) is 0 Å². The van der Waals surface area contributed by atoms with Gasteiger partial charge in [0.15, 0.2) is 0 Å². The molecule has 103 valence electrons. The summed E-state index contributed by atoms with van der Waals surface area (Å²) >= 11 is 0. The van der Waals surface area contributed by atoms with E-state index in [1.165, 1.54) is 10.4 Å². The van der Waals surface area contributed by atoms with Gasteiger partial charge in [-0.05, 0) is 29.5 Å². The van der Waals surface area contributed by atoms with Crippen LogP contribution in [0.3, 0.4) is 0 Å². The molecule has 1 aliphatic heterocycles. The number of hydrogen-bond donors (Lipinski definition) is 1. The van der Waals surface area contributed by atoms with E-state index in [1.807, 2.05) is 6.07 Å². The molecule has 1 aliphatic carbocycles. The monoisotopic (exact) mass is 291 g/mol. The summed E-state index contributed by atoms with van der Waals surface area (Å²) in [6.45, 7) is 0. The van der Waals surface area contributed by atoms with Gasteiger partial charge >= 0.3 is 0 Å². The van der Waals surface area contributed by atoms with Gasteiger partial charge in [-0.2, -0.15) is 0 Å². The summed E-state index contributed by atoms with van der Waals surface area (Å²) in [5.74, 6) is 1.32. The minimum absolute atomic E-state index is 0.118. The normalized spacial score (nSPS) is 23.2. The first kappa shape index (κ1) is 12.5. The molecule has 21 heavy (non-hydrogen) atoms. The van der Waals surface area contributed by atoms with Crippen molar-refractivity contribution in [3.8, 4) is 11.5 Å². The van der Waals surface area contributed by atoms with Gasteiger partial charge in [-0.25, -0.2) is 0 Å². The zero-order valence-corrected chi connectivity index (χ0v) is 12.4. The Bertz CT molecular complexity index is 718. The van der Waals surface area contributed by atoms with Crippen LogP contribution in [0.5, 0.6) is 11.5 Å². The van der Waals surface area contributed by atoms with E-state index in [9.17, 15) is 5.11 Å². The van der Waals surface area contributed by atoms with Crippen molar-refractivity contribution in [1.82, 2.24) is 0 Å². The van der Waals surface area contributed by atoms with Gasteiger partial charge in [0.25, 0.3) is 0 Å². The first-order valence-corrected chi connectivity index (χ1v) is 8.68. The third-order valence-electron chi connectivity index (χ3n) is 4.04. The summed E-state index contributed by atoms with van der Waals surface area (Å²) < 4.78 is 6.15.